The van der Waals surface area contributed by atoms with Crippen LogP contribution in [-0.2, 0) is 11.2 Å². The first kappa shape index (κ1) is 17.0. The molecule has 1 amide bonds. The van der Waals surface area contributed by atoms with Gasteiger partial charge in [-0.15, -0.1) is 11.3 Å². The van der Waals surface area contributed by atoms with Gasteiger partial charge >= 0.3 is 0 Å². The van der Waals surface area contributed by atoms with Gasteiger partial charge in [-0.3, -0.25) is 4.79 Å². The molecule has 0 aromatic carbocycles. The van der Waals surface area contributed by atoms with Crippen LogP contribution in [0.1, 0.15) is 40.7 Å². The van der Waals surface area contributed by atoms with E-state index in [1.807, 2.05) is 22.4 Å². The van der Waals surface area contributed by atoms with Crippen LogP contribution in [0.5, 0.6) is 0 Å². The maximum atomic E-state index is 12.8. The Morgan fingerprint density at radius 2 is 2.38 bits per heavy atom. The highest BCUT2D eigenvalue weighted by Crippen LogP contribution is 2.24. The highest BCUT2D eigenvalue weighted by atomic mass is 32.1. The smallest absolute Gasteiger partial charge is 0.254 e. The number of nitrogens with zero attached hydrogens (tertiary/aromatic N) is 3. The van der Waals surface area contributed by atoms with Crippen LogP contribution in [0.15, 0.2) is 30.0 Å². The van der Waals surface area contributed by atoms with Crippen LogP contribution in [0.4, 0.5) is 0 Å². The van der Waals surface area contributed by atoms with Crippen LogP contribution in [0.25, 0.3) is 0 Å². The van der Waals surface area contributed by atoms with Crippen molar-refractivity contribution in [2.45, 2.75) is 26.2 Å². The van der Waals surface area contributed by atoms with Gasteiger partial charge in [-0.2, -0.15) is 0 Å². The Hall–Kier alpha value is -1.79. The third-order valence-corrected chi connectivity index (χ3v) is 5.43. The van der Waals surface area contributed by atoms with Gasteiger partial charge in [-0.25, -0.2) is 9.97 Å². The van der Waals surface area contributed by atoms with Crippen molar-refractivity contribution in [3.63, 3.8) is 0 Å². The van der Waals surface area contributed by atoms with Gasteiger partial charge in [-0.05, 0) is 24.5 Å². The van der Waals surface area contributed by atoms with Crippen molar-refractivity contribution in [3.8, 4) is 0 Å². The molecule has 1 fully saturated rings. The summed E-state index contributed by atoms with van der Waals surface area (Å²) in [5.41, 5.74) is 1.79. The van der Waals surface area contributed by atoms with E-state index in [4.69, 9.17) is 4.74 Å². The maximum Gasteiger partial charge on any atom is 0.254 e. The summed E-state index contributed by atoms with van der Waals surface area (Å²) in [5.74, 6) is 0.820. The molecular weight excluding hydrogens is 322 g/mol. The normalized spacial score (nSPS) is 18.6. The second kappa shape index (κ2) is 7.85. The number of aromatic nitrogens is 2. The van der Waals surface area contributed by atoms with Gasteiger partial charge in [0.25, 0.3) is 5.91 Å². The minimum Gasteiger partial charge on any atom is -0.379 e. The average Bonchev–Trinajstić information content (AvgIpc) is 2.97. The molecule has 5 nitrogen and oxygen atoms in total. The standard InChI is InChI=1S/C18H23N3O2S/c1-13(2)17-8-15(11-24-17)18(22)21-5-6-23-10-14(9-21)7-16-3-4-19-12-20-16/h3-4,8,11-14H,5-7,9-10H2,1-2H3/t14-/m1/s1. The third-order valence-electron chi connectivity index (χ3n) is 4.20. The van der Waals surface area contributed by atoms with Crippen molar-refractivity contribution in [2.24, 2.45) is 5.92 Å². The molecule has 3 heterocycles. The summed E-state index contributed by atoms with van der Waals surface area (Å²) in [6.45, 7) is 6.90. The Kier molecular flexibility index (Phi) is 5.58. The predicted molar refractivity (Wildman–Crippen MR) is 94.4 cm³/mol. The third kappa shape index (κ3) is 4.19. The van der Waals surface area contributed by atoms with Crippen LogP contribution >= 0.6 is 11.3 Å². The summed E-state index contributed by atoms with van der Waals surface area (Å²) in [7, 11) is 0. The zero-order chi connectivity index (χ0) is 16.9. The van der Waals surface area contributed by atoms with Crippen LogP contribution in [-0.4, -0.2) is 47.1 Å². The predicted octanol–water partition coefficient (Wildman–Crippen LogP) is 2.99. The molecule has 6 heteroatoms. The van der Waals surface area contributed by atoms with E-state index >= 15 is 0 Å². The quantitative estimate of drug-likeness (QED) is 0.855. The van der Waals surface area contributed by atoms with E-state index in [9.17, 15) is 4.79 Å². The fourth-order valence-electron chi connectivity index (χ4n) is 2.87. The molecule has 0 bridgehead atoms. The van der Waals surface area contributed by atoms with E-state index in [2.05, 4.69) is 23.8 Å². The molecule has 2 aromatic rings. The summed E-state index contributed by atoms with van der Waals surface area (Å²) < 4.78 is 5.70. The van der Waals surface area contributed by atoms with Crippen molar-refractivity contribution >= 4 is 17.2 Å². The Morgan fingerprint density at radius 3 is 3.08 bits per heavy atom. The maximum absolute atomic E-state index is 12.8. The number of thiophene rings is 1. The van der Waals surface area contributed by atoms with Gasteiger partial charge in [-0.1, -0.05) is 13.8 Å². The number of hydrogen-bond donors (Lipinski definition) is 0. The molecule has 1 aliphatic rings. The fourth-order valence-corrected chi connectivity index (χ4v) is 3.77. The molecule has 0 aliphatic carbocycles. The first-order chi connectivity index (χ1) is 11.6. The molecule has 0 unspecified atom stereocenters. The lowest BCUT2D eigenvalue weighted by Gasteiger charge is -2.23. The second-order valence-electron chi connectivity index (χ2n) is 6.49. The summed E-state index contributed by atoms with van der Waals surface area (Å²) in [6.07, 6.45) is 4.11. The molecule has 0 saturated carbocycles. The lowest BCUT2D eigenvalue weighted by Crippen LogP contribution is -2.36. The minimum atomic E-state index is 0.108. The zero-order valence-electron chi connectivity index (χ0n) is 14.1. The average molecular weight is 345 g/mol. The highest BCUT2D eigenvalue weighted by molar-refractivity contribution is 7.10. The Balaban J connectivity index is 1.68. The molecular formula is C18H23N3O2S. The van der Waals surface area contributed by atoms with Gasteiger partial charge in [0.05, 0.1) is 18.8 Å². The topological polar surface area (TPSA) is 55.3 Å². The molecule has 1 atom stereocenters. The lowest BCUT2D eigenvalue weighted by atomic mass is 10.0. The van der Waals surface area contributed by atoms with Crippen molar-refractivity contribution in [3.05, 3.63) is 46.2 Å². The van der Waals surface area contributed by atoms with E-state index in [1.54, 1.807) is 23.9 Å². The van der Waals surface area contributed by atoms with Crippen LogP contribution in [0.2, 0.25) is 0 Å². The first-order valence-corrected chi connectivity index (χ1v) is 9.21. The number of hydrogen-bond acceptors (Lipinski definition) is 5. The molecule has 2 aromatic heterocycles. The molecule has 1 aliphatic heterocycles. The van der Waals surface area contributed by atoms with E-state index in [0.29, 0.717) is 32.2 Å². The molecule has 0 radical (unpaired) electrons. The lowest BCUT2D eigenvalue weighted by molar-refractivity contribution is 0.0737. The Labute approximate surface area is 146 Å². The van der Waals surface area contributed by atoms with Gasteiger partial charge in [0.2, 0.25) is 0 Å². The molecule has 128 valence electrons. The summed E-state index contributed by atoms with van der Waals surface area (Å²) in [6, 6.07) is 3.95. The number of carbonyl (C=O) groups is 1. The largest absolute Gasteiger partial charge is 0.379 e. The number of amides is 1. The molecule has 1 saturated heterocycles. The van der Waals surface area contributed by atoms with E-state index in [-0.39, 0.29) is 11.8 Å². The number of ether oxygens (including phenoxy) is 1. The van der Waals surface area contributed by atoms with Crippen molar-refractivity contribution < 1.29 is 9.53 Å². The van der Waals surface area contributed by atoms with E-state index in [1.165, 1.54) is 4.88 Å². The van der Waals surface area contributed by atoms with Gasteiger partial charge < -0.3 is 9.64 Å². The molecule has 0 N–H and O–H groups in total. The van der Waals surface area contributed by atoms with Crippen molar-refractivity contribution in [1.29, 1.82) is 0 Å². The number of carbonyl (C=O) groups excluding carboxylic acids is 1. The van der Waals surface area contributed by atoms with E-state index < -0.39 is 0 Å². The van der Waals surface area contributed by atoms with Crippen molar-refractivity contribution in [2.75, 3.05) is 26.3 Å². The van der Waals surface area contributed by atoms with Crippen LogP contribution in [0, 0.1) is 5.92 Å². The monoisotopic (exact) mass is 345 g/mol. The fraction of sp³-hybridized carbons (Fsp3) is 0.500. The first-order valence-electron chi connectivity index (χ1n) is 8.34. The Bertz CT molecular complexity index is 672. The van der Waals surface area contributed by atoms with Crippen LogP contribution in [0.3, 0.4) is 0 Å². The molecule has 24 heavy (non-hydrogen) atoms. The van der Waals surface area contributed by atoms with E-state index in [0.717, 1.165) is 17.7 Å². The minimum absolute atomic E-state index is 0.108. The second-order valence-corrected chi connectivity index (χ2v) is 7.43. The molecule has 3 rings (SSSR count). The summed E-state index contributed by atoms with van der Waals surface area (Å²) >= 11 is 1.66. The Morgan fingerprint density at radius 1 is 1.50 bits per heavy atom. The summed E-state index contributed by atoms with van der Waals surface area (Å²) in [5, 5.41) is 1.98. The summed E-state index contributed by atoms with van der Waals surface area (Å²) in [4.78, 5) is 24.2. The van der Waals surface area contributed by atoms with Crippen LogP contribution < -0.4 is 0 Å². The zero-order valence-corrected chi connectivity index (χ0v) is 15.0. The SMILES string of the molecule is CC(C)c1cc(C(=O)N2CCOC[C@H](Cc3ccncn3)C2)cs1. The van der Waals surface area contributed by atoms with Gasteiger partial charge in [0.15, 0.2) is 0 Å². The number of rotatable bonds is 4. The van der Waals surface area contributed by atoms with Gasteiger partial charge in [0, 0.05) is 41.2 Å². The molecule has 0 spiro atoms. The van der Waals surface area contributed by atoms with Crippen molar-refractivity contribution in [1.82, 2.24) is 14.9 Å². The van der Waals surface area contributed by atoms with Gasteiger partial charge in [0.1, 0.15) is 6.33 Å². The highest BCUT2D eigenvalue weighted by Gasteiger charge is 2.24.